The Bertz CT molecular complexity index is 389. The molecule has 0 saturated carbocycles. The average Bonchev–Trinajstić information content (AvgIpc) is 2.25. The van der Waals surface area contributed by atoms with Crippen LogP contribution in [0.15, 0.2) is 18.3 Å². The first-order chi connectivity index (χ1) is 7.83. The highest BCUT2D eigenvalue weighted by Crippen LogP contribution is 2.17. The molecule has 4 nitrogen and oxygen atoms in total. The minimum absolute atomic E-state index is 0.0251. The predicted molar refractivity (Wildman–Crippen MR) is 56.3 cm³/mol. The zero-order chi connectivity index (χ0) is 13.1. The summed E-state index contributed by atoms with van der Waals surface area (Å²) in [6, 6.07) is 2.72. The number of carbonyl (C=O) groups excluding carboxylic acids is 1. The van der Waals surface area contributed by atoms with Crippen LogP contribution in [0.4, 0.5) is 19.0 Å². The number of carbonyl (C=O) groups is 1. The number of pyridine rings is 1. The number of amides is 1. The number of halogens is 3. The number of hydrogen-bond donors (Lipinski definition) is 1. The highest BCUT2D eigenvalue weighted by molar-refractivity contribution is 5.94. The van der Waals surface area contributed by atoms with Gasteiger partial charge in [0.25, 0.3) is 5.91 Å². The van der Waals surface area contributed by atoms with Crippen LogP contribution in [0.5, 0.6) is 0 Å². The number of aromatic nitrogens is 1. The van der Waals surface area contributed by atoms with Crippen molar-refractivity contribution in [2.24, 2.45) is 0 Å². The topological polar surface area (TPSA) is 59.2 Å². The third-order valence-electron chi connectivity index (χ3n) is 2.07. The molecule has 0 saturated heterocycles. The quantitative estimate of drug-likeness (QED) is 0.884. The fourth-order valence-electron chi connectivity index (χ4n) is 1.26. The van der Waals surface area contributed by atoms with Gasteiger partial charge >= 0.3 is 6.18 Å². The van der Waals surface area contributed by atoms with Crippen molar-refractivity contribution in [3.63, 3.8) is 0 Å². The van der Waals surface area contributed by atoms with Crippen LogP contribution in [-0.2, 0) is 0 Å². The Morgan fingerprint density at radius 1 is 1.47 bits per heavy atom. The van der Waals surface area contributed by atoms with Crippen LogP contribution in [0.2, 0.25) is 0 Å². The Kier molecular flexibility index (Phi) is 3.93. The van der Waals surface area contributed by atoms with Crippen molar-refractivity contribution in [1.29, 1.82) is 0 Å². The van der Waals surface area contributed by atoms with E-state index in [-0.39, 0.29) is 17.9 Å². The molecule has 0 aliphatic heterocycles. The fraction of sp³-hybridized carbons (Fsp3) is 0.400. The van der Waals surface area contributed by atoms with Gasteiger partial charge < -0.3 is 10.6 Å². The number of hydrogen-bond acceptors (Lipinski definition) is 3. The standard InChI is InChI=1S/C10H12F3N3O/c1-2-16(6-10(11,12)13)9(17)7-3-4-8(14)15-5-7/h3-5H,2,6H2,1H3,(H2,14,15). The second kappa shape index (κ2) is 5.03. The summed E-state index contributed by atoms with van der Waals surface area (Å²) in [5, 5.41) is 0. The van der Waals surface area contributed by atoms with Crippen molar-refractivity contribution in [2.45, 2.75) is 13.1 Å². The number of rotatable bonds is 3. The second-order valence-electron chi connectivity index (χ2n) is 3.41. The van der Waals surface area contributed by atoms with Crippen molar-refractivity contribution >= 4 is 11.7 Å². The predicted octanol–water partition coefficient (Wildman–Crippen LogP) is 1.69. The van der Waals surface area contributed by atoms with Gasteiger partial charge in [-0.05, 0) is 19.1 Å². The largest absolute Gasteiger partial charge is 0.406 e. The minimum atomic E-state index is -4.41. The first kappa shape index (κ1) is 13.3. The summed E-state index contributed by atoms with van der Waals surface area (Å²) in [7, 11) is 0. The van der Waals surface area contributed by atoms with Gasteiger partial charge in [-0.3, -0.25) is 4.79 Å². The van der Waals surface area contributed by atoms with E-state index < -0.39 is 18.6 Å². The zero-order valence-electron chi connectivity index (χ0n) is 9.16. The van der Waals surface area contributed by atoms with E-state index in [1.807, 2.05) is 0 Å². The van der Waals surface area contributed by atoms with E-state index in [4.69, 9.17) is 5.73 Å². The average molecular weight is 247 g/mol. The summed E-state index contributed by atoms with van der Waals surface area (Å²) >= 11 is 0. The Morgan fingerprint density at radius 3 is 2.53 bits per heavy atom. The third-order valence-corrected chi connectivity index (χ3v) is 2.07. The van der Waals surface area contributed by atoms with Crippen LogP contribution in [-0.4, -0.2) is 35.1 Å². The molecule has 1 rings (SSSR count). The van der Waals surface area contributed by atoms with Gasteiger partial charge in [0, 0.05) is 12.7 Å². The molecule has 1 amide bonds. The summed E-state index contributed by atoms with van der Waals surface area (Å²) in [4.78, 5) is 16.1. The molecule has 0 fully saturated rings. The molecule has 1 aromatic heterocycles. The molecule has 0 bridgehead atoms. The molecular weight excluding hydrogens is 235 g/mol. The van der Waals surface area contributed by atoms with E-state index in [2.05, 4.69) is 4.98 Å². The van der Waals surface area contributed by atoms with E-state index in [0.717, 1.165) is 6.20 Å². The van der Waals surface area contributed by atoms with Crippen molar-refractivity contribution in [1.82, 2.24) is 9.88 Å². The molecular formula is C10H12F3N3O. The van der Waals surface area contributed by atoms with E-state index >= 15 is 0 Å². The normalized spacial score (nSPS) is 11.3. The van der Waals surface area contributed by atoms with E-state index in [0.29, 0.717) is 4.90 Å². The molecule has 0 aromatic carbocycles. The van der Waals surface area contributed by atoms with Crippen LogP contribution >= 0.6 is 0 Å². The molecule has 0 aliphatic rings. The van der Waals surface area contributed by atoms with Crippen LogP contribution < -0.4 is 5.73 Å². The molecule has 1 aromatic rings. The highest BCUT2D eigenvalue weighted by atomic mass is 19.4. The van der Waals surface area contributed by atoms with Crippen molar-refractivity contribution in [3.8, 4) is 0 Å². The van der Waals surface area contributed by atoms with Gasteiger partial charge in [0.15, 0.2) is 0 Å². The lowest BCUT2D eigenvalue weighted by Crippen LogP contribution is -2.38. The highest BCUT2D eigenvalue weighted by Gasteiger charge is 2.32. The molecule has 0 aliphatic carbocycles. The smallest absolute Gasteiger partial charge is 0.384 e. The minimum Gasteiger partial charge on any atom is -0.384 e. The maximum absolute atomic E-state index is 12.2. The lowest BCUT2D eigenvalue weighted by molar-refractivity contribution is -0.140. The first-order valence-corrected chi connectivity index (χ1v) is 4.91. The molecule has 0 unspecified atom stereocenters. The number of nitrogen functional groups attached to an aromatic ring is 1. The van der Waals surface area contributed by atoms with Crippen LogP contribution in [0.3, 0.4) is 0 Å². The van der Waals surface area contributed by atoms with Crippen molar-refractivity contribution in [3.05, 3.63) is 23.9 Å². The molecule has 0 atom stereocenters. The van der Waals surface area contributed by atoms with Gasteiger partial charge in [0.05, 0.1) is 5.56 Å². The lowest BCUT2D eigenvalue weighted by Gasteiger charge is -2.22. The SMILES string of the molecule is CCN(CC(F)(F)F)C(=O)c1ccc(N)nc1. The fourth-order valence-corrected chi connectivity index (χ4v) is 1.26. The van der Waals surface area contributed by atoms with E-state index in [9.17, 15) is 18.0 Å². The van der Waals surface area contributed by atoms with E-state index in [1.54, 1.807) is 0 Å². The van der Waals surface area contributed by atoms with Gasteiger partial charge in [-0.2, -0.15) is 13.2 Å². The third kappa shape index (κ3) is 3.93. The maximum atomic E-state index is 12.2. The van der Waals surface area contributed by atoms with Gasteiger partial charge in [0.1, 0.15) is 12.4 Å². The number of nitrogens with zero attached hydrogens (tertiary/aromatic N) is 2. The molecule has 17 heavy (non-hydrogen) atoms. The summed E-state index contributed by atoms with van der Waals surface area (Å²) in [6.45, 7) is 0.184. The Labute approximate surface area is 96.2 Å². The zero-order valence-corrected chi connectivity index (χ0v) is 9.16. The van der Waals surface area contributed by atoms with Crippen LogP contribution in [0, 0.1) is 0 Å². The van der Waals surface area contributed by atoms with Crippen molar-refractivity contribution < 1.29 is 18.0 Å². The molecule has 2 N–H and O–H groups in total. The Balaban J connectivity index is 2.83. The van der Waals surface area contributed by atoms with Crippen molar-refractivity contribution in [2.75, 3.05) is 18.8 Å². The van der Waals surface area contributed by atoms with Gasteiger partial charge in [0.2, 0.25) is 0 Å². The number of nitrogens with two attached hydrogens (primary N) is 1. The van der Waals surface area contributed by atoms with Gasteiger partial charge in [-0.15, -0.1) is 0 Å². The number of alkyl halides is 3. The Hall–Kier alpha value is -1.79. The summed E-state index contributed by atoms with van der Waals surface area (Å²) in [6.07, 6.45) is -3.25. The first-order valence-electron chi connectivity index (χ1n) is 4.91. The van der Waals surface area contributed by atoms with Crippen LogP contribution in [0.25, 0.3) is 0 Å². The molecule has 0 radical (unpaired) electrons. The summed E-state index contributed by atoms with van der Waals surface area (Å²) in [5.74, 6) is -0.502. The number of anilines is 1. The molecule has 0 spiro atoms. The second-order valence-corrected chi connectivity index (χ2v) is 3.41. The maximum Gasteiger partial charge on any atom is 0.406 e. The molecule has 94 valence electrons. The van der Waals surface area contributed by atoms with Gasteiger partial charge in [-0.25, -0.2) is 4.98 Å². The van der Waals surface area contributed by atoms with Gasteiger partial charge in [-0.1, -0.05) is 0 Å². The van der Waals surface area contributed by atoms with E-state index in [1.165, 1.54) is 19.1 Å². The van der Waals surface area contributed by atoms with Crippen LogP contribution in [0.1, 0.15) is 17.3 Å². The lowest BCUT2D eigenvalue weighted by atomic mass is 10.2. The summed E-state index contributed by atoms with van der Waals surface area (Å²) < 4.78 is 36.6. The monoisotopic (exact) mass is 247 g/mol. The molecule has 1 heterocycles. The Morgan fingerprint density at radius 2 is 2.12 bits per heavy atom. The molecule has 7 heteroatoms. The summed E-state index contributed by atoms with van der Waals surface area (Å²) in [5.41, 5.74) is 5.41.